The molecule has 0 radical (unpaired) electrons. The molecule has 2 aromatic rings. The molecule has 26 heavy (non-hydrogen) atoms. The summed E-state index contributed by atoms with van der Waals surface area (Å²) in [4.78, 5) is 13.7. The van der Waals surface area contributed by atoms with Gasteiger partial charge in [-0.3, -0.25) is 4.79 Å². The van der Waals surface area contributed by atoms with Gasteiger partial charge in [0.1, 0.15) is 5.82 Å². The molecule has 0 aliphatic rings. The highest BCUT2D eigenvalue weighted by Crippen LogP contribution is 2.27. The molecule has 1 amide bonds. The molecule has 0 unspecified atom stereocenters. The van der Waals surface area contributed by atoms with Crippen LogP contribution < -0.4 is 0 Å². The van der Waals surface area contributed by atoms with Crippen molar-refractivity contribution in [3.63, 3.8) is 0 Å². The SMILES string of the molecule is CC(C)Cn1c(SCC(=O)N(C)CCC#N)nnc1-c1ccccc1F. The van der Waals surface area contributed by atoms with Gasteiger partial charge in [0.2, 0.25) is 5.91 Å². The van der Waals surface area contributed by atoms with Crippen molar-refractivity contribution < 1.29 is 9.18 Å². The maximum atomic E-state index is 14.2. The smallest absolute Gasteiger partial charge is 0.232 e. The van der Waals surface area contributed by atoms with Crippen molar-refractivity contribution >= 4 is 17.7 Å². The lowest BCUT2D eigenvalue weighted by molar-refractivity contribution is -0.127. The Balaban J connectivity index is 2.20. The minimum Gasteiger partial charge on any atom is -0.344 e. The van der Waals surface area contributed by atoms with E-state index in [1.54, 1.807) is 25.2 Å². The quantitative estimate of drug-likeness (QED) is 0.662. The van der Waals surface area contributed by atoms with E-state index in [1.165, 1.54) is 22.7 Å². The molecule has 8 heteroatoms. The molecule has 0 N–H and O–H groups in total. The van der Waals surface area contributed by atoms with Crippen LogP contribution in [0.15, 0.2) is 29.4 Å². The number of thioether (sulfide) groups is 1. The zero-order valence-corrected chi connectivity index (χ0v) is 16.0. The normalized spacial score (nSPS) is 10.8. The van der Waals surface area contributed by atoms with E-state index in [9.17, 15) is 9.18 Å². The fraction of sp³-hybridized carbons (Fsp3) is 0.444. The highest BCUT2D eigenvalue weighted by molar-refractivity contribution is 7.99. The van der Waals surface area contributed by atoms with E-state index in [0.717, 1.165) is 0 Å². The van der Waals surface area contributed by atoms with Crippen molar-refractivity contribution in [2.75, 3.05) is 19.3 Å². The van der Waals surface area contributed by atoms with E-state index in [1.807, 2.05) is 10.6 Å². The fourth-order valence-electron chi connectivity index (χ4n) is 2.35. The van der Waals surface area contributed by atoms with Gasteiger partial charge in [-0.15, -0.1) is 10.2 Å². The van der Waals surface area contributed by atoms with Crippen LogP contribution in [0.25, 0.3) is 11.4 Å². The molecule has 2 rings (SSSR count). The Kier molecular flexibility index (Phi) is 7.16. The number of benzene rings is 1. The van der Waals surface area contributed by atoms with Crippen LogP contribution >= 0.6 is 11.8 Å². The van der Waals surface area contributed by atoms with Crippen molar-refractivity contribution in [1.29, 1.82) is 5.26 Å². The van der Waals surface area contributed by atoms with Gasteiger partial charge in [0.25, 0.3) is 0 Å². The van der Waals surface area contributed by atoms with Gasteiger partial charge in [-0.05, 0) is 18.1 Å². The molecule has 138 valence electrons. The van der Waals surface area contributed by atoms with E-state index < -0.39 is 0 Å². The molecule has 1 aromatic carbocycles. The summed E-state index contributed by atoms with van der Waals surface area (Å²) in [6.07, 6.45) is 0.299. The van der Waals surface area contributed by atoms with Crippen LogP contribution in [0.2, 0.25) is 0 Å². The van der Waals surface area contributed by atoms with E-state index in [2.05, 4.69) is 24.0 Å². The first-order valence-corrected chi connectivity index (χ1v) is 9.34. The zero-order chi connectivity index (χ0) is 19.1. The van der Waals surface area contributed by atoms with E-state index in [4.69, 9.17) is 5.26 Å². The van der Waals surface area contributed by atoms with Gasteiger partial charge in [0, 0.05) is 20.1 Å². The van der Waals surface area contributed by atoms with Crippen LogP contribution in [-0.4, -0.2) is 44.9 Å². The molecule has 1 heterocycles. The molecule has 1 aromatic heterocycles. The van der Waals surface area contributed by atoms with Gasteiger partial charge in [0.15, 0.2) is 11.0 Å². The molecular weight excluding hydrogens is 353 g/mol. The van der Waals surface area contributed by atoms with Gasteiger partial charge >= 0.3 is 0 Å². The van der Waals surface area contributed by atoms with Gasteiger partial charge in [0.05, 0.1) is 23.8 Å². The summed E-state index contributed by atoms with van der Waals surface area (Å²) in [5.74, 6) is 0.523. The largest absolute Gasteiger partial charge is 0.344 e. The number of nitrogens with zero attached hydrogens (tertiary/aromatic N) is 5. The van der Waals surface area contributed by atoms with Crippen molar-refractivity contribution in [3.05, 3.63) is 30.1 Å². The van der Waals surface area contributed by atoms with E-state index in [0.29, 0.717) is 42.0 Å². The lowest BCUT2D eigenvalue weighted by atomic mass is 10.2. The van der Waals surface area contributed by atoms with Crippen LogP contribution in [0.5, 0.6) is 0 Å². The number of halogens is 1. The third-order valence-electron chi connectivity index (χ3n) is 3.69. The number of nitriles is 1. The van der Waals surface area contributed by atoms with Gasteiger partial charge in [-0.25, -0.2) is 4.39 Å². The van der Waals surface area contributed by atoms with Gasteiger partial charge in [-0.1, -0.05) is 37.7 Å². The molecule has 0 saturated carbocycles. The standard InChI is InChI=1S/C18H22FN5OS/c1-13(2)11-24-17(14-7-4-5-8-15(14)19)21-22-18(24)26-12-16(25)23(3)10-6-9-20/h4-5,7-8,13H,6,10-12H2,1-3H3. The third kappa shape index (κ3) is 5.05. The number of rotatable bonds is 8. The van der Waals surface area contributed by atoms with Gasteiger partial charge in [-0.2, -0.15) is 5.26 Å². The van der Waals surface area contributed by atoms with Crippen LogP contribution in [0.4, 0.5) is 4.39 Å². The first kappa shape index (κ1) is 19.9. The van der Waals surface area contributed by atoms with Crippen molar-refractivity contribution in [3.8, 4) is 17.5 Å². The maximum Gasteiger partial charge on any atom is 0.232 e. The number of aromatic nitrogens is 3. The zero-order valence-electron chi connectivity index (χ0n) is 15.1. The van der Waals surface area contributed by atoms with Crippen LogP contribution in [-0.2, 0) is 11.3 Å². The number of carbonyl (C=O) groups excluding carboxylic acids is 1. The summed E-state index contributed by atoms with van der Waals surface area (Å²) < 4.78 is 16.0. The predicted molar refractivity (Wildman–Crippen MR) is 98.8 cm³/mol. The summed E-state index contributed by atoms with van der Waals surface area (Å²) >= 11 is 1.27. The fourth-order valence-corrected chi connectivity index (χ4v) is 3.23. The lowest BCUT2D eigenvalue weighted by Gasteiger charge is -2.16. The summed E-state index contributed by atoms with van der Waals surface area (Å²) in [5, 5.41) is 17.5. The second-order valence-corrected chi connectivity index (χ2v) is 7.25. The summed E-state index contributed by atoms with van der Waals surface area (Å²) in [5.41, 5.74) is 0.393. The highest BCUT2D eigenvalue weighted by atomic mass is 32.2. The Morgan fingerprint density at radius 2 is 2.12 bits per heavy atom. The molecule has 0 aliphatic carbocycles. The first-order chi connectivity index (χ1) is 12.4. The third-order valence-corrected chi connectivity index (χ3v) is 4.64. The molecular formula is C18H22FN5OS. The predicted octanol–water partition coefficient (Wildman–Crippen LogP) is 3.20. The minimum atomic E-state index is -0.353. The molecule has 0 bridgehead atoms. The van der Waals surface area contributed by atoms with E-state index in [-0.39, 0.29) is 17.5 Å². The Bertz CT molecular complexity index is 799. The van der Waals surface area contributed by atoms with Crippen LogP contribution in [0, 0.1) is 23.1 Å². The monoisotopic (exact) mass is 375 g/mol. The van der Waals surface area contributed by atoms with Crippen molar-refractivity contribution in [1.82, 2.24) is 19.7 Å². The average molecular weight is 375 g/mol. The number of hydrogen-bond acceptors (Lipinski definition) is 5. The molecule has 6 nitrogen and oxygen atoms in total. The Morgan fingerprint density at radius 3 is 2.77 bits per heavy atom. The van der Waals surface area contributed by atoms with Crippen molar-refractivity contribution in [2.45, 2.75) is 32.0 Å². The Hall–Kier alpha value is -2.40. The summed E-state index contributed by atoms with van der Waals surface area (Å²) in [6.45, 7) is 5.13. The summed E-state index contributed by atoms with van der Waals surface area (Å²) in [7, 11) is 1.67. The second kappa shape index (κ2) is 9.34. The average Bonchev–Trinajstić information content (AvgIpc) is 2.99. The topological polar surface area (TPSA) is 74.8 Å². The van der Waals surface area contributed by atoms with Crippen LogP contribution in [0.3, 0.4) is 0 Å². The lowest BCUT2D eigenvalue weighted by Crippen LogP contribution is -2.29. The maximum absolute atomic E-state index is 14.2. The number of hydrogen-bond donors (Lipinski definition) is 0. The Morgan fingerprint density at radius 1 is 1.38 bits per heavy atom. The first-order valence-electron chi connectivity index (χ1n) is 8.35. The van der Waals surface area contributed by atoms with Crippen LogP contribution in [0.1, 0.15) is 20.3 Å². The van der Waals surface area contributed by atoms with Gasteiger partial charge < -0.3 is 9.47 Å². The Labute approximate surface area is 157 Å². The highest BCUT2D eigenvalue weighted by Gasteiger charge is 2.19. The molecule has 0 aliphatic heterocycles. The molecule has 0 saturated heterocycles. The molecule has 0 fully saturated rings. The van der Waals surface area contributed by atoms with Crippen molar-refractivity contribution in [2.24, 2.45) is 5.92 Å². The number of amides is 1. The number of carbonyl (C=O) groups is 1. The second-order valence-electron chi connectivity index (χ2n) is 6.30. The van der Waals surface area contributed by atoms with E-state index >= 15 is 0 Å². The molecule has 0 atom stereocenters. The molecule has 0 spiro atoms. The summed E-state index contributed by atoms with van der Waals surface area (Å²) in [6, 6.07) is 8.48. The minimum absolute atomic E-state index is 0.0863.